The molecular weight excluding hydrogens is 442 g/mol. The van der Waals surface area contributed by atoms with E-state index in [9.17, 15) is 24.3 Å². The van der Waals surface area contributed by atoms with Gasteiger partial charge >= 0.3 is 5.97 Å². The van der Waals surface area contributed by atoms with E-state index in [1.54, 1.807) is 38.1 Å². The summed E-state index contributed by atoms with van der Waals surface area (Å²) >= 11 is 0. The second kappa shape index (κ2) is 14.5. The first kappa shape index (κ1) is 28.4. The molecule has 12 nitrogen and oxygen atoms in total. The Morgan fingerprint density at radius 1 is 0.971 bits per heavy atom. The lowest BCUT2D eigenvalue weighted by atomic mass is 10.0. The van der Waals surface area contributed by atoms with Crippen LogP contribution in [-0.2, 0) is 25.6 Å². The van der Waals surface area contributed by atoms with Crippen LogP contribution >= 0.6 is 0 Å². The highest BCUT2D eigenvalue weighted by molar-refractivity contribution is 5.93. The number of amides is 3. The highest BCUT2D eigenvalue weighted by Crippen LogP contribution is 2.08. The van der Waals surface area contributed by atoms with Crippen molar-refractivity contribution in [2.75, 3.05) is 13.1 Å². The van der Waals surface area contributed by atoms with E-state index in [1.165, 1.54) is 0 Å². The first-order chi connectivity index (χ1) is 16.0. The van der Waals surface area contributed by atoms with Crippen molar-refractivity contribution in [2.45, 2.75) is 51.2 Å². The fourth-order valence-corrected chi connectivity index (χ4v) is 3.12. The molecule has 0 fully saturated rings. The van der Waals surface area contributed by atoms with Crippen LogP contribution in [0.3, 0.4) is 0 Å². The molecule has 0 aliphatic rings. The van der Waals surface area contributed by atoms with Gasteiger partial charge in [0.25, 0.3) is 0 Å². The lowest BCUT2D eigenvalue weighted by molar-refractivity contribution is -0.142. The largest absolute Gasteiger partial charge is 0.480 e. The predicted octanol–water partition coefficient (Wildman–Crippen LogP) is -1.56. The summed E-state index contributed by atoms with van der Waals surface area (Å²) in [5.41, 5.74) is 16.6. The fourth-order valence-electron chi connectivity index (χ4n) is 3.12. The van der Waals surface area contributed by atoms with Crippen LogP contribution < -0.4 is 33.2 Å². The molecule has 1 aromatic carbocycles. The number of rotatable bonds is 14. The van der Waals surface area contributed by atoms with Crippen LogP contribution in [0.2, 0.25) is 0 Å². The third kappa shape index (κ3) is 10.3. The Labute approximate surface area is 198 Å². The van der Waals surface area contributed by atoms with Gasteiger partial charge in [0.2, 0.25) is 17.7 Å². The highest BCUT2D eigenvalue weighted by atomic mass is 16.4. The van der Waals surface area contributed by atoms with Crippen molar-refractivity contribution in [1.29, 1.82) is 0 Å². The van der Waals surface area contributed by atoms with E-state index < -0.39 is 41.8 Å². The smallest absolute Gasteiger partial charge is 0.326 e. The molecule has 3 amide bonds. The van der Waals surface area contributed by atoms with Gasteiger partial charge in [-0.05, 0) is 24.3 Å². The summed E-state index contributed by atoms with van der Waals surface area (Å²) in [6, 6.07) is 5.75. The maximum Gasteiger partial charge on any atom is 0.326 e. The molecule has 0 radical (unpaired) electrons. The molecule has 34 heavy (non-hydrogen) atoms. The average molecular weight is 478 g/mol. The van der Waals surface area contributed by atoms with Crippen molar-refractivity contribution in [3.05, 3.63) is 35.9 Å². The van der Waals surface area contributed by atoms with Gasteiger partial charge in [-0.1, -0.05) is 44.2 Å². The molecule has 0 spiro atoms. The molecule has 0 aromatic heterocycles. The summed E-state index contributed by atoms with van der Waals surface area (Å²) in [6.07, 6.45) is 0.533. The van der Waals surface area contributed by atoms with E-state index in [2.05, 4.69) is 20.9 Å². The van der Waals surface area contributed by atoms with Gasteiger partial charge in [-0.25, -0.2) is 4.79 Å². The number of hydrogen-bond acceptors (Lipinski definition) is 6. The molecule has 1 aromatic rings. The van der Waals surface area contributed by atoms with Crippen molar-refractivity contribution in [2.24, 2.45) is 28.1 Å². The summed E-state index contributed by atoms with van der Waals surface area (Å²) < 4.78 is 0. The zero-order valence-corrected chi connectivity index (χ0v) is 19.5. The molecule has 3 atom stereocenters. The van der Waals surface area contributed by atoms with E-state index in [0.29, 0.717) is 6.42 Å². The minimum absolute atomic E-state index is 0.0883. The fraction of sp³-hybridized carbons (Fsp3) is 0.500. The van der Waals surface area contributed by atoms with Crippen LogP contribution in [0.25, 0.3) is 0 Å². The van der Waals surface area contributed by atoms with Crippen LogP contribution in [0.1, 0.15) is 32.3 Å². The van der Waals surface area contributed by atoms with Crippen LogP contribution in [0.5, 0.6) is 0 Å². The highest BCUT2D eigenvalue weighted by Gasteiger charge is 2.30. The number of carboxylic acid groups (broad SMARTS) is 1. The summed E-state index contributed by atoms with van der Waals surface area (Å²) in [5.74, 6) is -3.37. The Morgan fingerprint density at radius 2 is 1.59 bits per heavy atom. The monoisotopic (exact) mass is 477 g/mol. The molecule has 0 saturated heterocycles. The molecule has 0 heterocycles. The van der Waals surface area contributed by atoms with Gasteiger partial charge in [0.15, 0.2) is 5.96 Å². The zero-order valence-electron chi connectivity index (χ0n) is 19.5. The minimum Gasteiger partial charge on any atom is -0.480 e. The normalized spacial score (nSPS) is 13.3. The second-order valence-corrected chi connectivity index (χ2v) is 8.09. The Balaban J connectivity index is 3.01. The van der Waals surface area contributed by atoms with E-state index in [0.717, 1.165) is 5.56 Å². The molecule has 0 saturated carbocycles. The Hall–Kier alpha value is -3.67. The molecule has 0 bridgehead atoms. The summed E-state index contributed by atoms with van der Waals surface area (Å²) in [5, 5.41) is 17.2. The van der Waals surface area contributed by atoms with E-state index >= 15 is 0 Å². The maximum absolute atomic E-state index is 13.0. The van der Waals surface area contributed by atoms with Crippen molar-refractivity contribution < 1.29 is 24.3 Å². The van der Waals surface area contributed by atoms with Crippen LogP contribution in [0, 0.1) is 5.92 Å². The molecule has 0 aliphatic carbocycles. The molecule has 3 unspecified atom stereocenters. The van der Waals surface area contributed by atoms with Crippen LogP contribution in [0.15, 0.2) is 35.3 Å². The molecular formula is C22H35N7O5. The van der Waals surface area contributed by atoms with Crippen molar-refractivity contribution in [3.63, 3.8) is 0 Å². The molecule has 12 heteroatoms. The number of nitrogens with zero attached hydrogens (tertiary/aromatic N) is 1. The summed E-state index contributed by atoms with van der Waals surface area (Å²) in [4.78, 5) is 53.2. The number of nitrogens with two attached hydrogens (primary N) is 3. The lowest BCUT2D eigenvalue weighted by Crippen LogP contribution is -2.58. The minimum atomic E-state index is -1.22. The Kier molecular flexibility index (Phi) is 12.1. The standard InChI is InChI=1S/C22H35N7O5/c1-13(2)18(29-17(30)12-23)20(32)28-16(11-14-7-4-3-5-8-14)19(31)27-15(21(33)34)9-6-10-26-22(24)25/h3-5,7-8,13,15-16,18H,6,9-12,23H2,1-2H3,(H,27,31)(H,28,32)(H,29,30)(H,33,34)(H4,24,25,26). The maximum atomic E-state index is 13.0. The van der Waals surface area contributed by atoms with Crippen LogP contribution in [-0.4, -0.2) is 66.0 Å². The van der Waals surface area contributed by atoms with Gasteiger partial charge in [0.1, 0.15) is 18.1 Å². The number of benzene rings is 1. The Morgan fingerprint density at radius 3 is 2.12 bits per heavy atom. The number of nitrogens with one attached hydrogen (secondary N) is 3. The number of aliphatic imine (C=N–C) groups is 1. The average Bonchev–Trinajstić information content (AvgIpc) is 2.78. The summed E-state index contributed by atoms with van der Waals surface area (Å²) in [6.45, 7) is 3.41. The van der Waals surface area contributed by atoms with Gasteiger partial charge in [0.05, 0.1) is 6.54 Å². The molecule has 10 N–H and O–H groups in total. The third-order valence-electron chi connectivity index (χ3n) is 4.93. The quantitative estimate of drug-likeness (QED) is 0.0942. The number of carboxylic acids is 1. The number of carbonyl (C=O) groups is 4. The van der Waals surface area contributed by atoms with E-state index in [1.807, 2.05) is 6.07 Å². The molecule has 188 valence electrons. The van der Waals surface area contributed by atoms with Crippen molar-refractivity contribution in [1.82, 2.24) is 16.0 Å². The van der Waals surface area contributed by atoms with E-state index in [-0.39, 0.29) is 37.8 Å². The zero-order chi connectivity index (χ0) is 25.7. The van der Waals surface area contributed by atoms with Gasteiger partial charge in [-0.2, -0.15) is 0 Å². The van der Waals surface area contributed by atoms with Gasteiger partial charge in [-0.15, -0.1) is 0 Å². The Bertz CT molecular complexity index is 856. The topological polar surface area (TPSA) is 215 Å². The second-order valence-electron chi connectivity index (χ2n) is 8.09. The summed E-state index contributed by atoms with van der Waals surface area (Å²) in [7, 11) is 0. The first-order valence-corrected chi connectivity index (χ1v) is 11.0. The number of hydrogen-bond donors (Lipinski definition) is 7. The van der Waals surface area contributed by atoms with Crippen molar-refractivity contribution >= 4 is 29.7 Å². The van der Waals surface area contributed by atoms with Crippen LogP contribution in [0.4, 0.5) is 0 Å². The number of carbonyl (C=O) groups excluding carboxylic acids is 3. The molecule has 0 aliphatic heterocycles. The van der Waals surface area contributed by atoms with Gasteiger partial charge in [-0.3, -0.25) is 19.4 Å². The lowest BCUT2D eigenvalue weighted by Gasteiger charge is -2.26. The first-order valence-electron chi connectivity index (χ1n) is 11.0. The van der Waals surface area contributed by atoms with Gasteiger partial charge < -0.3 is 38.3 Å². The number of guanidine groups is 1. The SMILES string of the molecule is CC(C)C(NC(=O)CN)C(=O)NC(Cc1ccccc1)C(=O)NC(CCCN=C(N)N)C(=O)O. The number of aliphatic carboxylic acids is 1. The van der Waals surface area contributed by atoms with Crippen molar-refractivity contribution in [3.8, 4) is 0 Å². The predicted molar refractivity (Wildman–Crippen MR) is 127 cm³/mol. The van der Waals surface area contributed by atoms with Gasteiger partial charge in [0, 0.05) is 13.0 Å². The molecule has 1 rings (SSSR count). The third-order valence-corrected chi connectivity index (χ3v) is 4.93. The van der Waals surface area contributed by atoms with E-state index in [4.69, 9.17) is 17.2 Å².